The third kappa shape index (κ3) is 3.37. The monoisotopic (exact) mass is 258 g/mol. The second-order valence-corrected chi connectivity index (χ2v) is 6.57. The Morgan fingerprint density at radius 1 is 1.05 bits per heavy atom. The summed E-state index contributed by atoms with van der Waals surface area (Å²) in [4.78, 5) is 2.62. The van der Waals surface area contributed by atoms with E-state index in [0.717, 1.165) is 31.0 Å². The molecule has 1 saturated carbocycles. The highest BCUT2D eigenvalue weighted by Gasteiger charge is 2.26. The van der Waals surface area contributed by atoms with Crippen molar-refractivity contribution in [3.05, 3.63) is 35.4 Å². The minimum absolute atomic E-state index is 0.792. The second-order valence-electron chi connectivity index (χ2n) is 6.57. The van der Waals surface area contributed by atoms with Crippen LogP contribution in [0, 0.1) is 11.8 Å². The van der Waals surface area contributed by atoms with Crippen LogP contribution in [0.15, 0.2) is 24.3 Å². The Balaban J connectivity index is 1.62. The molecule has 1 aliphatic carbocycles. The van der Waals surface area contributed by atoms with Crippen molar-refractivity contribution < 1.29 is 0 Å². The molecule has 2 heteroatoms. The smallest absolute Gasteiger partial charge is 0.0237 e. The predicted molar refractivity (Wildman–Crippen MR) is 79.9 cm³/mol. The molecule has 2 unspecified atom stereocenters. The van der Waals surface area contributed by atoms with E-state index in [-0.39, 0.29) is 0 Å². The molecule has 2 nitrogen and oxygen atoms in total. The summed E-state index contributed by atoms with van der Waals surface area (Å²) in [6, 6.07) is 9.73. The maximum atomic E-state index is 3.64. The number of benzene rings is 1. The SMILES string of the molecule is CC1CN(Cc2ccccc2CNC2CC2)CC1C. The summed E-state index contributed by atoms with van der Waals surface area (Å²) in [6.45, 7) is 9.44. The van der Waals surface area contributed by atoms with Crippen LogP contribution in [0.1, 0.15) is 37.8 Å². The van der Waals surface area contributed by atoms with Crippen LogP contribution in [-0.4, -0.2) is 24.0 Å². The largest absolute Gasteiger partial charge is 0.310 e. The fraction of sp³-hybridized carbons (Fsp3) is 0.647. The number of rotatable bonds is 5. The summed E-state index contributed by atoms with van der Waals surface area (Å²) >= 11 is 0. The van der Waals surface area contributed by atoms with Gasteiger partial charge in [0.25, 0.3) is 0 Å². The summed E-state index contributed by atoms with van der Waals surface area (Å²) < 4.78 is 0. The van der Waals surface area contributed by atoms with Gasteiger partial charge in [-0.2, -0.15) is 0 Å². The van der Waals surface area contributed by atoms with E-state index in [1.807, 2.05) is 0 Å². The van der Waals surface area contributed by atoms with Crippen LogP contribution in [-0.2, 0) is 13.1 Å². The summed E-state index contributed by atoms with van der Waals surface area (Å²) in [5.41, 5.74) is 3.00. The van der Waals surface area contributed by atoms with Crippen molar-refractivity contribution in [2.75, 3.05) is 13.1 Å². The first kappa shape index (κ1) is 13.1. The average molecular weight is 258 g/mol. The highest BCUT2D eigenvalue weighted by Crippen LogP contribution is 2.25. The normalized spacial score (nSPS) is 27.9. The summed E-state index contributed by atoms with van der Waals surface area (Å²) in [5, 5.41) is 3.64. The summed E-state index contributed by atoms with van der Waals surface area (Å²) in [7, 11) is 0. The molecular weight excluding hydrogens is 232 g/mol. The van der Waals surface area contributed by atoms with E-state index in [1.165, 1.54) is 37.1 Å². The van der Waals surface area contributed by atoms with Gasteiger partial charge in [0.2, 0.25) is 0 Å². The Bertz CT molecular complexity index is 415. The number of hydrogen-bond acceptors (Lipinski definition) is 2. The molecule has 1 aromatic rings. The molecule has 1 saturated heterocycles. The van der Waals surface area contributed by atoms with Gasteiger partial charge in [0.05, 0.1) is 0 Å². The van der Waals surface area contributed by atoms with Crippen LogP contribution in [0.2, 0.25) is 0 Å². The Hall–Kier alpha value is -0.860. The Morgan fingerprint density at radius 3 is 2.32 bits per heavy atom. The summed E-state index contributed by atoms with van der Waals surface area (Å²) in [6.07, 6.45) is 2.73. The minimum atomic E-state index is 0.792. The molecule has 0 spiro atoms. The lowest BCUT2D eigenvalue weighted by Crippen LogP contribution is -2.22. The van der Waals surface area contributed by atoms with Gasteiger partial charge in [0.15, 0.2) is 0 Å². The molecule has 104 valence electrons. The van der Waals surface area contributed by atoms with E-state index in [9.17, 15) is 0 Å². The fourth-order valence-corrected chi connectivity index (χ4v) is 3.04. The lowest BCUT2D eigenvalue weighted by atomic mass is 10.0. The van der Waals surface area contributed by atoms with Gasteiger partial charge in [-0.3, -0.25) is 4.90 Å². The molecule has 19 heavy (non-hydrogen) atoms. The van der Waals surface area contributed by atoms with Gasteiger partial charge in [0.1, 0.15) is 0 Å². The Kier molecular flexibility index (Phi) is 3.90. The first-order chi connectivity index (χ1) is 9.22. The molecule has 2 aliphatic rings. The maximum absolute atomic E-state index is 3.64. The zero-order valence-corrected chi connectivity index (χ0v) is 12.2. The van der Waals surface area contributed by atoms with Gasteiger partial charge in [-0.15, -0.1) is 0 Å². The van der Waals surface area contributed by atoms with Crippen LogP contribution < -0.4 is 5.32 Å². The van der Waals surface area contributed by atoms with E-state index < -0.39 is 0 Å². The molecule has 1 aromatic carbocycles. The van der Waals surface area contributed by atoms with Crippen LogP contribution in [0.5, 0.6) is 0 Å². The molecule has 0 bridgehead atoms. The zero-order valence-electron chi connectivity index (χ0n) is 12.2. The van der Waals surface area contributed by atoms with Crippen LogP contribution >= 0.6 is 0 Å². The molecule has 2 atom stereocenters. The van der Waals surface area contributed by atoms with Gasteiger partial charge in [-0.25, -0.2) is 0 Å². The van der Waals surface area contributed by atoms with Gasteiger partial charge in [-0.05, 0) is 35.8 Å². The molecule has 0 aromatic heterocycles. The van der Waals surface area contributed by atoms with Crippen molar-refractivity contribution in [2.45, 2.75) is 45.8 Å². The van der Waals surface area contributed by atoms with Crippen LogP contribution in [0.25, 0.3) is 0 Å². The summed E-state index contributed by atoms with van der Waals surface area (Å²) in [5.74, 6) is 1.69. The van der Waals surface area contributed by atoms with E-state index in [4.69, 9.17) is 0 Å². The highest BCUT2D eigenvalue weighted by molar-refractivity contribution is 5.27. The zero-order chi connectivity index (χ0) is 13.2. The van der Waals surface area contributed by atoms with Crippen LogP contribution in [0.3, 0.4) is 0 Å². The number of likely N-dealkylation sites (tertiary alicyclic amines) is 1. The van der Waals surface area contributed by atoms with Crippen LogP contribution in [0.4, 0.5) is 0 Å². The third-order valence-electron chi connectivity index (χ3n) is 4.73. The van der Waals surface area contributed by atoms with Gasteiger partial charge in [-0.1, -0.05) is 38.1 Å². The molecule has 1 N–H and O–H groups in total. The van der Waals surface area contributed by atoms with Gasteiger partial charge in [0, 0.05) is 32.2 Å². The topological polar surface area (TPSA) is 15.3 Å². The molecule has 0 radical (unpaired) electrons. The van der Waals surface area contributed by atoms with Crippen molar-refractivity contribution >= 4 is 0 Å². The van der Waals surface area contributed by atoms with Gasteiger partial charge >= 0.3 is 0 Å². The molecule has 1 heterocycles. The Morgan fingerprint density at radius 2 is 1.68 bits per heavy atom. The molecular formula is C17H26N2. The number of nitrogens with zero attached hydrogens (tertiary/aromatic N) is 1. The third-order valence-corrected chi connectivity index (χ3v) is 4.73. The standard InChI is InChI=1S/C17H26N2/c1-13-10-19(11-14(13)2)12-16-6-4-3-5-15(16)9-18-17-7-8-17/h3-6,13-14,17-18H,7-12H2,1-2H3. The first-order valence-corrected chi connectivity index (χ1v) is 7.75. The second kappa shape index (κ2) is 5.64. The molecule has 1 aliphatic heterocycles. The number of nitrogens with one attached hydrogen (secondary N) is 1. The van der Waals surface area contributed by atoms with Crippen molar-refractivity contribution in [3.63, 3.8) is 0 Å². The quantitative estimate of drug-likeness (QED) is 0.873. The molecule has 0 amide bonds. The van der Waals surface area contributed by atoms with Crippen molar-refractivity contribution in [2.24, 2.45) is 11.8 Å². The highest BCUT2D eigenvalue weighted by atomic mass is 15.1. The fourth-order valence-electron chi connectivity index (χ4n) is 3.04. The first-order valence-electron chi connectivity index (χ1n) is 7.75. The molecule has 2 fully saturated rings. The van der Waals surface area contributed by atoms with E-state index in [1.54, 1.807) is 0 Å². The predicted octanol–water partition coefficient (Wildman–Crippen LogP) is 3.03. The maximum Gasteiger partial charge on any atom is 0.0237 e. The van der Waals surface area contributed by atoms with Crippen molar-refractivity contribution in [1.29, 1.82) is 0 Å². The molecule has 3 rings (SSSR count). The Labute approximate surface area is 117 Å². The number of hydrogen-bond donors (Lipinski definition) is 1. The van der Waals surface area contributed by atoms with Crippen molar-refractivity contribution in [1.82, 2.24) is 10.2 Å². The van der Waals surface area contributed by atoms with Crippen molar-refractivity contribution in [3.8, 4) is 0 Å². The lowest BCUT2D eigenvalue weighted by molar-refractivity contribution is 0.315. The average Bonchev–Trinajstić information content (AvgIpc) is 3.16. The van der Waals surface area contributed by atoms with Gasteiger partial charge < -0.3 is 5.32 Å². The van der Waals surface area contributed by atoms with E-state index in [2.05, 4.69) is 48.3 Å². The van der Waals surface area contributed by atoms with E-state index in [0.29, 0.717) is 0 Å². The minimum Gasteiger partial charge on any atom is -0.310 e. The lowest BCUT2D eigenvalue weighted by Gasteiger charge is -2.18. The van der Waals surface area contributed by atoms with E-state index >= 15 is 0 Å².